The van der Waals surface area contributed by atoms with Crippen molar-refractivity contribution >= 4 is 30.7 Å². The quantitative estimate of drug-likeness (QED) is 0.769. The molecular weight excluding hydrogens is 393 g/mol. The smallest absolute Gasteiger partial charge is 0.253 e. The number of morpholine rings is 1. The molecule has 2 saturated heterocycles. The average Bonchev–Trinajstić information content (AvgIpc) is 2.68. The minimum atomic E-state index is -0.334. The van der Waals surface area contributed by atoms with E-state index in [1.807, 2.05) is 23.1 Å². The van der Waals surface area contributed by atoms with Gasteiger partial charge in [0.1, 0.15) is 17.6 Å². The number of amides is 1. The number of nitrogens with zero attached hydrogens (tertiary/aromatic N) is 2. The van der Waals surface area contributed by atoms with Crippen LogP contribution >= 0.6 is 24.8 Å². The molecule has 0 aromatic heterocycles. The van der Waals surface area contributed by atoms with E-state index in [0.29, 0.717) is 13.2 Å². The number of piperazine rings is 1. The van der Waals surface area contributed by atoms with E-state index in [4.69, 9.17) is 14.2 Å². The van der Waals surface area contributed by atoms with E-state index in [2.05, 4.69) is 10.2 Å². The maximum absolute atomic E-state index is 12.5. The average molecular weight is 422 g/mol. The van der Waals surface area contributed by atoms with E-state index in [9.17, 15) is 4.79 Å². The van der Waals surface area contributed by atoms with Crippen molar-refractivity contribution in [1.29, 1.82) is 0 Å². The van der Waals surface area contributed by atoms with Gasteiger partial charge < -0.3 is 24.4 Å². The summed E-state index contributed by atoms with van der Waals surface area (Å²) < 4.78 is 16.3. The predicted octanol–water partition coefficient (Wildman–Crippen LogP) is 1.18. The van der Waals surface area contributed by atoms with Gasteiger partial charge in [0.25, 0.3) is 5.91 Å². The van der Waals surface area contributed by atoms with Crippen LogP contribution in [0.25, 0.3) is 0 Å². The van der Waals surface area contributed by atoms with E-state index >= 15 is 0 Å². The van der Waals surface area contributed by atoms with Gasteiger partial charge in [-0.1, -0.05) is 0 Å². The molecule has 3 rings (SSSR count). The van der Waals surface area contributed by atoms with Crippen LogP contribution in [0.3, 0.4) is 0 Å². The second-order valence-electron chi connectivity index (χ2n) is 6.34. The highest BCUT2D eigenvalue weighted by molar-refractivity contribution is 5.85. The van der Waals surface area contributed by atoms with Crippen molar-refractivity contribution in [2.75, 3.05) is 60.1 Å². The fourth-order valence-corrected chi connectivity index (χ4v) is 3.30. The molecule has 0 aliphatic carbocycles. The van der Waals surface area contributed by atoms with Crippen LogP contribution in [0.2, 0.25) is 0 Å². The lowest BCUT2D eigenvalue weighted by Gasteiger charge is -2.37. The molecule has 0 bridgehead atoms. The van der Waals surface area contributed by atoms with E-state index in [0.717, 1.165) is 56.3 Å². The summed E-state index contributed by atoms with van der Waals surface area (Å²) in [5.41, 5.74) is 1.10. The Hall–Kier alpha value is -1.25. The Balaban J connectivity index is 0.00000182. The molecule has 7 nitrogen and oxygen atoms in total. The third kappa shape index (κ3) is 6.12. The van der Waals surface area contributed by atoms with Crippen molar-refractivity contribution in [3.05, 3.63) is 23.8 Å². The molecule has 0 spiro atoms. The highest BCUT2D eigenvalue weighted by Crippen LogP contribution is 2.25. The number of halogens is 2. The monoisotopic (exact) mass is 421 g/mol. The number of nitrogens with one attached hydrogen (secondary N) is 1. The highest BCUT2D eigenvalue weighted by atomic mass is 35.5. The molecular formula is C18H29Cl2N3O4. The van der Waals surface area contributed by atoms with Crippen LogP contribution in [-0.2, 0) is 16.1 Å². The van der Waals surface area contributed by atoms with Gasteiger partial charge in [-0.15, -0.1) is 24.8 Å². The van der Waals surface area contributed by atoms with Crippen LogP contribution < -0.4 is 14.8 Å². The van der Waals surface area contributed by atoms with Crippen molar-refractivity contribution in [3.8, 4) is 11.5 Å². The summed E-state index contributed by atoms with van der Waals surface area (Å²) in [5, 5.41) is 3.21. The lowest BCUT2D eigenvalue weighted by atomic mass is 10.1. The lowest BCUT2D eigenvalue weighted by Crippen LogP contribution is -2.54. The molecule has 0 radical (unpaired) electrons. The van der Waals surface area contributed by atoms with Gasteiger partial charge in [0.2, 0.25) is 0 Å². The molecule has 1 atom stereocenters. The van der Waals surface area contributed by atoms with E-state index in [-0.39, 0.29) is 36.8 Å². The van der Waals surface area contributed by atoms with Gasteiger partial charge in [0, 0.05) is 51.4 Å². The molecule has 1 unspecified atom stereocenters. The Labute approximate surface area is 173 Å². The summed E-state index contributed by atoms with van der Waals surface area (Å²) >= 11 is 0. The number of carbonyl (C=O) groups is 1. The van der Waals surface area contributed by atoms with Gasteiger partial charge in [0.15, 0.2) is 0 Å². The van der Waals surface area contributed by atoms with Crippen molar-refractivity contribution in [1.82, 2.24) is 15.1 Å². The van der Waals surface area contributed by atoms with Gasteiger partial charge in [-0.25, -0.2) is 0 Å². The van der Waals surface area contributed by atoms with Crippen LogP contribution in [0.4, 0.5) is 0 Å². The van der Waals surface area contributed by atoms with Gasteiger partial charge in [-0.3, -0.25) is 9.69 Å². The predicted molar refractivity (Wildman–Crippen MR) is 109 cm³/mol. The Kier molecular flexibility index (Phi) is 10.2. The van der Waals surface area contributed by atoms with Gasteiger partial charge in [0.05, 0.1) is 20.8 Å². The van der Waals surface area contributed by atoms with Crippen molar-refractivity contribution in [2.45, 2.75) is 12.6 Å². The fourth-order valence-electron chi connectivity index (χ4n) is 3.30. The Morgan fingerprint density at radius 2 is 1.93 bits per heavy atom. The molecule has 154 valence electrons. The molecule has 1 aromatic rings. The van der Waals surface area contributed by atoms with Crippen LogP contribution in [0.15, 0.2) is 18.2 Å². The van der Waals surface area contributed by atoms with Gasteiger partial charge in [-0.2, -0.15) is 0 Å². The van der Waals surface area contributed by atoms with Crippen molar-refractivity contribution < 1.29 is 19.0 Å². The summed E-state index contributed by atoms with van der Waals surface area (Å²) in [5.74, 6) is 1.79. The normalized spacial score (nSPS) is 20.2. The SMILES string of the molecule is COc1ccc(OC)c(CN2CCN(C(=O)C3CNCCO3)CC2)c1.Cl.Cl. The summed E-state index contributed by atoms with van der Waals surface area (Å²) in [6.45, 7) is 5.95. The molecule has 2 aliphatic heterocycles. The summed E-state index contributed by atoms with van der Waals surface area (Å²) in [6, 6.07) is 5.84. The fraction of sp³-hybridized carbons (Fsp3) is 0.611. The zero-order chi connectivity index (χ0) is 17.6. The first-order valence-corrected chi connectivity index (χ1v) is 8.75. The molecule has 2 heterocycles. The maximum Gasteiger partial charge on any atom is 0.253 e. The van der Waals surface area contributed by atoms with E-state index in [1.54, 1.807) is 14.2 Å². The second kappa shape index (κ2) is 11.6. The van der Waals surface area contributed by atoms with Crippen LogP contribution in [0.1, 0.15) is 5.56 Å². The minimum absolute atomic E-state index is 0. The first kappa shape index (κ1) is 23.8. The lowest BCUT2D eigenvalue weighted by molar-refractivity contribution is -0.147. The molecule has 9 heteroatoms. The molecule has 1 N–H and O–H groups in total. The number of methoxy groups -OCH3 is 2. The van der Waals surface area contributed by atoms with Gasteiger partial charge >= 0.3 is 0 Å². The molecule has 1 amide bonds. The number of benzene rings is 1. The Morgan fingerprint density at radius 1 is 1.19 bits per heavy atom. The Bertz CT molecular complexity index is 592. The van der Waals surface area contributed by atoms with Crippen molar-refractivity contribution in [2.24, 2.45) is 0 Å². The zero-order valence-electron chi connectivity index (χ0n) is 15.8. The number of ether oxygens (including phenoxy) is 3. The topological polar surface area (TPSA) is 63.3 Å². The first-order chi connectivity index (χ1) is 12.2. The second-order valence-corrected chi connectivity index (χ2v) is 6.34. The molecule has 2 aliphatic rings. The number of rotatable bonds is 5. The van der Waals surface area contributed by atoms with Crippen LogP contribution in [-0.4, -0.2) is 81.9 Å². The Morgan fingerprint density at radius 3 is 2.52 bits per heavy atom. The number of carbonyl (C=O) groups excluding carboxylic acids is 1. The molecule has 2 fully saturated rings. The minimum Gasteiger partial charge on any atom is -0.497 e. The summed E-state index contributed by atoms with van der Waals surface area (Å²) in [6.07, 6.45) is -0.334. The summed E-state index contributed by atoms with van der Waals surface area (Å²) in [4.78, 5) is 16.8. The largest absolute Gasteiger partial charge is 0.497 e. The number of hydrogen-bond acceptors (Lipinski definition) is 6. The first-order valence-electron chi connectivity index (χ1n) is 8.75. The third-order valence-corrected chi connectivity index (χ3v) is 4.77. The molecule has 1 aromatic carbocycles. The third-order valence-electron chi connectivity index (χ3n) is 4.77. The van der Waals surface area contributed by atoms with Crippen LogP contribution in [0, 0.1) is 0 Å². The molecule has 27 heavy (non-hydrogen) atoms. The van der Waals surface area contributed by atoms with E-state index < -0.39 is 0 Å². The number of hydrogen-bond donors (Lipinski definition) is 1. The zero-order valence-corrected chi connectivity index (χ0v) is 17.4. The standard InChI is InChI=1S/C18H27N3O4.2ClH/c1-23-15-3-4-16(24-2)14(11-15)13-20-6-8-21(9-7-20)18(22)17-12-19-5-10-25-17;;/h3-4,11,17,19H,5-10,12-13H2,1-2H3;2*1H. The highest BCUT2D eigenvalue weighted by Gasteiger charge is 2.29. The maximum atomic E-state index is 12.5. The van der Waals surface area contributed by atoms with Crippen LogP contribution in [0.5, 0.6) is 11.5 Å². The van der Waals surface area contributed by atoms with E-state index in [1.165, 1.54) is 0 Å². The van der Waals surface area contributed by atoms with Crippen molar-refractivity contribution in [3.63, 3.8) is 0 Å². The van der Waals surface area contributed by atoms with Gasteiger partial charge in [-0.05, 0) is 18.2 Å². The molecule has 0 saturated carbocycles. The summed E-state index contributed by atoms with van der Waals surface area (Å²) in [7, 11) is 3.35.